The van der Waals surface area contributed by atoms with Crippen molar-refractivity contribution in [1.82, 2.24) is 8.87 Å². The fourth-order valence-electron chi connectivity index (χ4n) is 3.64. The monoisotopic (exact) mass is 487 g/mol. The summed E-state index contributed by atoms with van der Waals surface area (Å²) >= 11 is 0. The molecular weight excluding hydrogens is 458 g/mol. The Morgan fingerprint density at radius 3 is 2.35 bits per heavy atom. The normalized spacial score (nSPS) is 11.6. The van der Waals surface area contributed by atoms with Crippen molar-refractivity contribution in [2.45, 2.75) is 39.1 Å². The van der Waals surface area contributed by atoms with Gasteiger partial charge in [0.15, 0.2) is 6.61 Å². The molecule has 0 unspecified atom stereocenters. The Bertz CT molecular complexity index is 1240. The molecule has 0 fully saturated rings. The minimum Gasteiger partial charge on any atom is -0.467 e. The van der Waals surface area contributed by atoms with Crippen LogP contribution in [0.1, 0.15) is 41.4 Å². The number of amides is 1. The number of esters is 1. The van der Waals surface area contributed by atoms with Crippen molar-refractivity contribution in [3.8, 4) is 0 Å². The number of nitrogens with zero attached hydrogens (tertiary/aromatic N) is 2. The van der Waals surface area contributed by atoms with E-state index in [0.29, 0.717) is 36.6 Å². The van der Waals surface area contributed by atoms with Gasteiger partial charge in [0.2, 0.25) is 10.0 Å². The van der Waals surface area contributed by atoms with Gasteiger partial charge in [0.05, 0.1) is 23.3 Å². The van der Waals surface area contributed by atoms with E-state index in [1.54, 1.807) is 39.2 Å². The first kappa shape index (κ1) is 25.3. The highest BCUT2D eigenvalue weighted by atomic mass is 32.2. The van der Waals surface area contributed by atoms with E-state index < -0.39 is 28.5 Å². The number of carbonyl (C=O) groups is 2. The van der Waals surface area contributed by atoms with Crippen LogP contribution in [-0.4, -0.2) is 48.9 Å². The van der Waals surface area contributed by atoms with E-state index in [9.17, 15) is 18.0 Å². The minimum atomic E-state index is -3.58. The van der Waals surface area contributed by atoms with E-state index in [1.165, 1.54) is 28.6 Å². The molecule has 3 rings (SSSR count). The van der Waals surface area contributed by atoms with E-state index >= 15 is 0 Å². The molecule has 9 nitrogen and oxygen atoms in total. The Balaban J connectivity index is 1.59. The molecule has 0 aliphatic rings. The molecule has 2 heterocycles. The van der Waals surface area contributed by atoms with E-state index in [-0.39, 0.29) is 4.90 Å². The molecule has 2 aromatic heterocycles. The lowest BCUT2D eigenvalue weighted by Gasteiger charge is -2.18. The summed E-state index contributed by atoms with van der Waals surface area (Å²) in [6.45, 7) is 7.98. The van der Waals surface area contributed by atoms with Gasteiger partial charge in [0, 0.05) is 30.2 Å². The minimum absolute atomic E-state index is 0.144. The van der Waals surface area contributed by atoms with Crippen LogP contribution >= 0.6 is 0 Å². The fourth-order valence-corrected chi connectivity index (χ4v) is 5.10. The second-order valence-electron chi connectivity index (χ2n) is 7.69. The number of benzene rings is 1. The Morgan fingerprint density at radius 1 is 1.09 bits per heavy atom. The maximum absolute atomic E-state index is 12.6. The number of hydrogen-bond donors (Lipinski definition) is 1. The summed E-state index contributed by atoms with van der Waals surface area (Å²) in [6.07, 6.45) is 1.59. The van der Waals surface area contributed by atoms with Crippen LogP contribution < -0.4 is 5.32 Å². The number of rotatable bonds is 10. The topological polar surface area (TPSA) is 111 Å². The Kier molecular flexibility index (Phi) is 7.95. The Labute approximate surface area is 199 Å². The summed E-state index contributed by atoms with van der Waals surface area (Å²) in [7, 11) is -3.58. The van der Waals surface area contributed by atoms with Gasteiger partial charge < -0.3 is 19.0 Å². The van der Waals surface area contributed by atoms with Crippen LogP contribution in [0.4, 0.5) is 5.69 Å². The van der Waals surface area contributed by atoms with Crippen molar-refractivity contribution in [3.63, 3.8) is 0 Å². The maximum Gasteiger partial charge on any atom is 0.340 e. The number of sulfonamides is 1. The zero-order valence-corrected chi connectivity index (χ0v) is 20.5. The third-order valence-electron chi connectivity index (χ3n) is 5.50. The van der Waals surface area contributed by atoms with Gasteiger partial charge in [-0.25, -0.2) is 13.2 Å². The predicted octanol–water partition coefficient (Wildman–Crippen LogP) is 3.57. The first-order valence-electron chi connectivity index (χ1n) is 10.9. The second kappa shape index (κ2) is 10.7. The van der Waals surface area contributed by atoms with Gasteiger partial charge in [-0.2, -0.15) is 4.31 Å². The van der Waals surface area contributed by atoms with Gasteiger partial charge in [0.25, 0.3) is 5.91 Å². The number of aromatic nitrogens is 1. The van der Waals surface area contributed by atoms with Crippen molar-refractivity contribution in [3.05, 3.63) is 71.4 Å². The zero-order chi connectivity index (χ0) is 24.9. The summed E-state index contributed by atoms with van der Waals surface area (Å²) in [5.74, 6) is -0.372. The average molecular weight is 488 g/mol. The lowest BCUT2D eigenvalue weighted by molar-refractivity contribution is -0.119. The van der Waals surface area contributed by atoms with Crippen LogP contribution in [0.15, 0.2) is 58.0 Å². The molecule has 0 spiro atoms. The lowest BCUT2D eigenvalue weighted by Crippen LogP contribution is -2.30. The van der Waals surface area contributed by atoms with Gasteiger partial charge in [-0.1, -0.05) is 13.8 Å². The largest absolute Gasteiger partial charge is 0.467 e. The molecule has 1 N–H and O–H groups in total. The molecule has 182 valence electrons. The molecule has 0 aliphatic carbocycles. The Morgan fingerprint density at radius 2 is 1.76 bits per heavy atom. The van der Waals surface area contributed by atoms with Crippen molar-refractivity contribution < 1.29 is 27.2 Å². The van der Waals surface area contributed by atoms with E-state index in [4.69, 9.17) is 9.15 Å². The molecule has 34 heavy (non-hydrogen) atoms. The quantitative estimate of drug-likeness (QED) is 0.438. The average Bonchev–Trinajstić information content (AvgIpc) is 3.42. The molecule has 0 saturated carbocycles. The highest BCUT2D eigenvalue weighted by Gasteiger charge is 2.22. The number of ether oxygens (including phenoxy) is 1. The van der Waals surface area contributed by atoms with E-state index in [2.05, 4.69) is 5.32 Å². The fraction of sp³-hybridized carbons (Fsp3) is 0.333. The van der Waals surface area contributed by atoms with Crippen LogP contribution in [0.5, 0.6) is 0 Å². The summed E-state index contributed by atoms with van der Waals surface area (Å²) < 4.78 is 39.0. The van der Waals surface area contributed by atoms with Crippen LogP contribution in [-0.2, 0) is 26.1 Å². The summed E-state index contributed by atoms with van der Waals surface area (Å²) in [4.78, 5) is 25.0. The summed E-state index contributed by atoms with van der Waals surface area (Å²) in [5, 5.41) is 2.60. The zero-order valence-electron chi connectivity index (χ0n) is 19.7. The van der Waals surface area contributed by atoms with Crippen LogP contribution in [0.3, 0.4) is 0 Å². The number of anilines is 1. The molecule has 0 atom stereocenters. The first-order chi connectivity index (χ1) is 16.2. The predicted molar refractivity (Wildman–Crippen MR) is 127 cm³/mol. The third kappa shape index (κ3) is 5.57. The summed E-state index contributed by atoms with van der Waals surface area (Å²) in [6, 6.07) is 11.2. The molecular formula is C24H29N3O6S. The number of hydrogen-bond acceptors (Lipinski definition) is 6. The number of nitrogens with one attached hydrogen (secondary N) is 1. The van der Waals surface area contributed by atoms with Crippen LogP contribution in [0, 0.1) is 13.8 Å². The van der Waals surface area contributed by atoms with Crippen molar-refractivity contribution in [2.75, 3.05) is 25.0 Å². The lowest BCUT2D eigenvalue weighted by atomic mass is 10.2. The SMILES string of the molecule is CCN(CC)S(=O)(=O)c1ccc(NC(=O)COC(=O)c2cc(C)n(Cc3ccco3)c2C)cc1. The van der Waals surface area contributed by atoms with Crippen molar-refractivity contribution in [2.24, 2.45) is 0 Å². The van der Waals surface area contributed by atoms with Gasteiger partial charge in [0.1, 0.15) is 5.76 Å². The van der Waals surface area contributed by atoms with Gasteiger partial charge >= 0.3 is 5.97 Å². The first-order valence-corrected chi connectivity index (χ1v) is 12.4. The Hall–Kier alpha value is -3.37. The molecule has 1 aromatic carbocycles. The second-order valence-corrected chi connectivity index (χ2v) is 9.63. The van der Waals surface area contributed by atoms with E-state index in [0.717, 1.165) is 11.5 Å². The van der Waals surface area contributed by atoms with Gasteiger partial charge in [-0.05, 0) is 56.3 Å². The number of aryl methyl sites for hydroxylation is 1. The molecule has 0 radical (unpaired) electrons. The smallest absolute Gasteiger partial charge is 0.340 e. The van der Waals surface area contributed by atoms with Crippen molar-refractivity contribution in [1.29, 1.82) is 0 Å². The molecule has 0 saturated heterocycles. The highest BCUT2D eigenvalue weighted by Crippen LogP contribution is 2.20. The standard InChI is InChI=1S/C24H29N3O6S/c1-5-26(6-2)34(30,31)21-11-9-19(10-12-21)25-23(28)16-33-24(29)22-14-17(3)27(18(22)4)15-20-8-7-13-32-20/h7-14H,5-6,15-16H2,1-4H3,(H,25,28). The van der Waals surface area contributed by atoms with Gasteiger partial charge in [-0.15, -0.1) is 0 Å². The van der Waals surface area contributed by atoms with Gasteiger partial charge in [-0.3, -0.25) is 4.79 Å². The van der Waals surface area contributed by atoms with E-state index in [1.807, 2.05) is 17.6 Å². The maximum atomic E-state index is 12.6. The molecule has 0 aliphatic heterocycles. The molecule has 3 aromatic rings. The summed E-state index contributed by atoms with van der Waals surface area (Å²) in [5.41, 5.74) is 2.35. The molecule has 10 heteroatoms. The van der Waals surface area contributed by atoms with Crippen molar-refractivity contribution >= 4 is 27.6 Å². The number of furan rings is 1. The molecule has 0 bridgehead atoms. The van der Waals surface area contributed by atoms with Crippen LogP contribution in [0.2, 0.25) is 0 Å². The van der Waals surface area contributed by atoms with Crippen LogP contribution in [0.25, 0.3) is 0 Å². The number of carbonyl (C=O) groups excluding carboxylic acids is 2. The highest BCUT2D eigenvalue weighted by molar-refractivity contribution is 7.89. The third-order valence-corrected chi connectivity index (χ3v) is 7.57. The molecule has 1 amide bonds.